The van der Waals surface area contributed by atoms with E-state index in [1.807, 2.05) is 13.8 Å². The molecule has 0 aliphatic rings. The van der Waals surface area contributed by atoms with Gasteiger partial charge in [-0.1, -0.05) is 26.1 Å². The quantitative estimate of drug-likeness (QED) is 0.640. The number of carbonyl (C=O) groups is 1. The number of benzene rings is 1. The monoisotopic (exact) mass is 284 g/mol. The summed E-state index contributed by atoms with van der Waals surface area (Å²) in [6, 6.07) is 3.46. The zero-order valence-corrected chi connectivity index (χ0v) is 11.9. The summed E-state index contributed by atoms with van der Waals surface area (Å²) >= 11 is 4.88. The lowest BCUT2D eigenvalue weighted by molar-refractivity contribution is -0.142. The molecule has 0 bridgehead atoms. The molecule has 3 N–H and O–H groups in total. The Hall–Kier alpha value is -1.69. The number of thiocarbonyl (C=S) groups is 1. The number of halogens is 1. The molecule has 104 valence electrons. The predicted octanol–water partition coefficient (Wildman–Crippen LogP) is 2.07. The third kappa shape index (κ3) is 3.89. The van der Waals surface area contributed by atoms with Crippen LogP contribution in [0.4, 0.5) is 10.1 Å². The summed E-state index contributed by atoms with van der Waals surface area (Å²) < 4.78 is 17.9. The van der Waals surface area contributed by atoms with Gasteiger partial charge in [0.2, 0.25) is 0 Å². The van der Waals surface area contributed by atoms with Crippen LogP contribution in [0.2, 0.25) is 0 Å². The van der Waals surface area contributed by atoms with Crippen LogP contribution in [0.5, 0.6) is 0 Å². The standard InChI is InChI=1S/C13H17FN2O2S/c1-7(2)11(13(17)18-3)16-10-5-4-8(14)6-9(10)12(15)19/h4-7,11,16H,1-3H3,(H2,15,19). The summed E-state index contributed by atoms with van der Waals surface area (Å²) in [7, 11) is 1.32. The molecular formula is C13H17FN2O2S. The number of hydrogen-bond acceptors (Lipinski definition) is 4. The van der Waals surface area contributed by atoms with Gasteiger partial charge in [-0.2, -0.15) is 0 Å². The highest BCUT2D eigenvalue weighted by molar-refractivity contribution is 7.80. The first-order chi connectivity index (χ1) is 8.86. The second kappa shape index (κ2) is 6.47. The Morgan fingerprint density at radius 1 is 1.47 bits per heavy atom. The minimum Gasteiger partial charge on any atom is -0.467 e. The van der Waals surface area contributed by atoms with Crippen molar-refractivity contribution < 1.29 is 13.9 Å². The summed E-state index contributed by atoms with van der Waals surface area (Å²) in [6.45, 7) is 3.75. The van der Waals surface area contributed by atoms with Crippen molar-refractivity contribution in [2.24, 2.45) is 11.7 Å². The Morgan fingerprint density at radius 3 is 2.58 bits per heavy atom. The van der Waals surface area contributed by atoms with E-state index in [2.05, 4.69) is 5.32 Å². The average Bonchev–Trinajstić information content (AvgIpc) is 2.35. The smallest absolute Gasteiger partial charge is 0.328 e. The van der Waals surface area contributed by atoms with E-state index in [9.17, 15) is 9.18 Å². The molecule has 6 heteroatoms. The number of nitrogens with one attached hydrogen (secondary N) is 1. The molecule has 0 aliphatic heterocycles. The van der Waals surface area contributed by atoms with Gasteiger partial charge in [0.1, 0.15) is 16.8 Å². The van der Waals surface area contributed by atoms with Crippen LogP contribution in [0, 0.1) is 11.7 Å². The maximum Gasteiger partial charge on any atom is 0.328 e. The summed E-state index contributed by atoms with van der Waals surface area (Å²) in [4.78, 5) is 11.7. The lowest BCUT2D eigenvalue weighted by Gasteiger charge is -2.22. The van der Waals surface area contributed by atoms with Crippen molar-refractivity contribution in [3.63, 3.8) is 0 Å². The molecule has 0 spiro atoms. The Kier molecular flexibility index (Phi) is 5.23. The fourth-order valence-corrected chi connectivity index (χ4v) is 1.81. The van der Waals surface area contributed by atoms with E-state index in [4.69, 9.17) is 22.7 Å². The largest absolute Gasteiger partial charge is 0.467 e. The first-order valence-corrected chi connectivity index (χ1v) is 6.21. The van der Waals surface area contributed by atoms with Crippen LogP contribution >= 0.6 is 12.2 Å². The topological polar surface area (TPSA) is 64.3 Å². The summed E-state index contributed by atoms with van der Waals surface area (Å²) in [6.07, 6.45) is 0. The van der Waals surface area contributed by atoms with Crippen LogP contribution in [0.1, 0.15) is 19.4 Å². The van der Waals surface area contributed by atoms with E-state index < -0.39 is 17.8 Å². The molecule has 1 atom stereocenters. The molecule has 0 amide bonds. The molecule has 0 aromatic heterocycles. The Balaban J connectivity index is 3.09. The van der Waals surface area contributed by atoms with Crippen molar-refractivity contribution in [3.8, 4) is 0 Å². The van der Waals surface area contributed by atoms with Crippen molar-refractivity contribution >= 4 is 28.9 Å². The predicted molar refractivity (Wildman–Crippen MR) is 76.6 cm³/mol. The van der Waals surface area contributed by atoms with Crippen molar-refractivity contribution in [1.29, 1.82) is 0 Å². The third-order valence-electron chi connectivity index (χ3n) is 2.68. The number of carbonyl (C=O) groups excluding carboxylic acids is 1. The molecule has 0 saturated carbocycles. The number of esters is 1. The van der Waals surface area contributed by atoms with E-state index in [0.717, 1.165) is 0 Å². The number of ether oxygens (including phenoxy) is 1. The van der Waals surface area contributed by atoms with Gasteiger partial charge >= 0.3 is 5.97 Å². The fraction of sp³-hybridized carbons (Fsp3) is 0.385. The summed E-state index contributed by atoms with van der Waals surface area (Å²) in [5.74, 6) is -0.836. The Morgan fingerprint density at radius 2 is 2.11 bits per heavy atom. The minimum absolute atomic E-state index is 0.00306. The van der Waals surface area contributed by atoms with Crippen LogP contribution in [-0.2, 0) is 9.53 Å². The summed E-state index contributed by atoms with van der Waals surface area (Å²) in [5.41, 5.74) is 6.43. The molecule has 1 aromatic carbocycles. The maximum absolute atomic E-state index is 13.2. The molecule has 0 heterocycles. The molecule has 0 radical (unpaired) electrons. The number of hydrogen-bond donors (Lipinski definition) is 2. The molecule has 19 heavy (non-hydrogen) atoms. The highest BCUT2D eigenvalue weighted by atomic mass is 32.1. The van der Waals surface area contributed by atoms with Crippen molar-refractivity contribution in [2.75, 3.05) is 12.4 Å². The molecule has 0 fully saturated rings. The van der Waals surface area contributed by atoms with Gasteiger partial charge in [0.15, 0.2) is 0 Å². The average molecular weight is 284 g/mol. The van der Waals surface area contributed by atoms with Gasteiger partial charge in [0, 0.05) is 11.3 Å². The van der Waals surface area contributed by atoms with Crippen LogP contribution in [-0.4, -0.2) is 24.1 Å². The van der Waals surface area contributed by atoms with Gasteiger partial charge in [0.05, 0.1) is 7.11 Å². The third-order valence-corrected chi connectivity index (χ3v) is 2.90. The molecule has 0 aliphatic carbocycles. The number of methoxy groups -OCH3 is 1. The normalized spacial score (nSPS) is 12.1. The lowest BCUT2D eigenvalue weighted by atomic mass is 10.0. The Bertz CT molecular complexity index is 492. The lowest BCUT2D eigenvalue weighted by Crippen LogP contribution is -2.36. The van der Waals surface area contributed by atoms with Crippen LogP contribution < -0.4 is 11.1 Å². The van der Waals surface area contributed by atoms with Gasteiger partial charge in [0.25, 0.3) is 0 Å². The molecule has 4 nitrogen and oxygen atoms in total. The van der Waals surface area contributed by atoms with Crippen LogP contribution in [0.15, 0.2) is 18.2 Å². The number of anilines is 1. The first kappa shape index (κ1) is 15.4. The molecule has 1 rings (SSSR count). The SMILES string of the molecule is COC(=O)C(Nc1ccc(F)cc1C(N)=S)C(C)C. The second-order valence-corrected chi connectivity index (χ2v) is 4.88. The van der Waals surface area contributed by atoms with E-state index >= 15 is 0 Å². The zero-order chi connectivity index (χ0) is 14.6. The Labute approximate surface area is 117 Å². The van der Waals surface area contributed by atoms with Gasteiger partial charge in [-0.25, -0.2) is 9.18 Å². The van der Waals surface area contributed by atoms with Crippen LogP contribution in [0.25, 0.3) is 0 Å². The van der Waals surface area contributed by atoms with Crippen LogP contribution in [0.3, 0.4) is 0 Å². The van der Waals surface area contributed by atoms with Gasteiger partial charge in [-0.3, -0.25) is 0 Å². The van der Waals surface area contributed by atoms with Crippen molar-refractivity contribution in [2.45, 2.75) is 19.9 Å². The second-order valence-electron chi connectivity index (χ2n) is 4.44. The molecular weight excluding hydrogens is 267 g/mol. The highest BCUT2D eigenvalue weighted by Crippen LogP contribution is 2.20. The fourth-order valence-electron chi connectivity index (χ4n) is 1.64. The number of rotatable bonds is 5. The summed E-state index contributed by atoms with van der Waals surface area (Å²) in [5, 5.41) is 3.00. The van der Waals surface area contributed by atoms with Gasteiger partial charge < -0.3 is 15.8 Å². The maximum atomic E-state index is 13.2. The first-order valence-electron chi connectivity index (χ1n) is 5.80. The van der Waals surface area contributed by atoms with E-state index in [0.29, 0.717) is 11.3 Å². The zero-order valence-electron chi connectivity index (χ0n) is 11.1. The van der Waals surface area contributed by atoms with E-state index in [-0.39, 0.29) is 10.9 Å². The molecule has 0 saturated heterocycles. The van der Waals surface area contributed by atoms with Crippen molar-refractivity contribution in [3.05, 3.63) is 29.6 Å². The number of nitrogens with two attached hydrogens (primary N) is 1. The molecule has 1 unspecified atom stereocenters. The highest BCUT2D eigenvalue weighted by Gasteiger charge is 2.24. The molecule has 1 aromatic rings. The van der Waals surface area contributed by atoms with E-state index in [1.165, 1.54) is 25.3 Å². The van der Waals surface area contributed by atoms with Gasteiger partial charge in [-0.05, 0) is 24.1 Å². The minimum atomic E-state index is -0.552. The van der Waals surface area contributed by atoms with E-state index in [1.54, 1.807) is 0 Å². The van der Waals surface area contributed by atoms with Gasteiger partial charge in [-0.15, -0.1) is 0 Å². The van der Waals surface area contributed by atoms with Crippen molar-refractivity contribution in [1.82, 2.24) is 0 Å².